The molecule has 0 bridgehead atoms. The fourth-order valence-corrected chi connectivity index (χ4v) is 1.63. The molecule has 1 aliphatic heterocycles. The third-order valence-corrected chi connectivity index (χ3v) is 2.68. The molecule has 0 atom stereocenters. The van der Waals surface area contributed by atoms with Gasteiger partial charge in [0.1, 0.15) is 12.7 Å². The van der Waals surface area contributed by atoms with Crippen LogP contribution in [0.15, 0.2) is 31.0 Å². The molecule has 1 fully saturated rings. The van der Waals surface area contributed by atoms with Crippen molar-refractivity contribution in [1.29, 1.82) is 0 Å². The molecule has 0 spiro atoms. The average Bonchev–Trinajstić information content (AvgIpc) is 2.69. The van der Waals surface area contributed by atoms with Gasteiger partial charge >= 0.3 is 0 Å². The maximum Gasteiger partial charge on any atom is 0.155 e. The lowest BCUT2D eigenvalue weighted by Crippen LogP contribution is -2.39. The summed E-state index contributed by atoms with van der Waals surface area (Å²) in [6.45, 7) is 2.12. The van der Waals surface area contributed by atoms with Crippen molar-refractivity contribution in [3.8, 4) is 5.82 Å². The molecule has 5 heteroatoms. The minimum Gasteiger partial charge on any atom is -0.315 e. The van der Waals surface area contributed by atoms with Gasteiger partial charge < -0.3 is 5.32 Å². The minimum atomic E-state index is 0.627. The summed E-state index contributed by atoms with van der Waals surface area (Å²) in [7, 11) is 0. The molecule has 0 aromatic carbocycles. The highest BCUT2D eigenvalue weighted by Gasteiger charge is 2.18. The van der Waals surface area contributed by atoms with Gasteiger partial charge in [0.15, 0.2) is 5.82 Å². The van der Waals surface area contributed by atoms with Gasteiger partial charge in [-0.3, -0.25) is 0 Å². The molecule has 0 amide bonds. The summed E-state index contributed by atoms with van der Waals surface area (Å²) in [6, 6.07) is 4.08. The van der Waals surface area contributed by atoms with Crippen molar-refractivity contribution in [2.75, 3.05) is 13.1 Å². The Morgan fingerprint density at radius 3 is 2.80 bits per heavy atom. The van der Waals surface area contributed by atoms with Crippen LogP contribution in [-0.2, 0) is 0 Å². The normalized spacial score (nSPS) is 16.3. The van der Waals surface area contributed by atoms with Gasteiger partial charge in [0.2, 0.25) is 0 Å². The third-order valence-electron chi connectivity index (χ3n) is 2.68. The highest BCUT2D eigenvalue weighted by atomic mass is 15.3. The van der Waals surface area contributed by atoms with Gasteiger partial charge in [0.25, 0.3) is 0 Å². The van der Waals surface area contributed by atoms with Crippen molar-refractivity contribution in [3.05, 3.63) is 36.5 Å². The maximum absolute atomic E-state index is 4.36. The number of nitrogens with zero attached hydrogens (tertiary/aromatic N) is 4. The predicted octanol–water partition coefficient (Wildman–Crippen LogP) is 0.349. The second kappa shape index (κ2) is 3.43. The van der Waals surface area contributed by atoms with E-state index >= 15 is 0 Å². The van der Waals surface area contributed by atoms with E-state index in [1.54, 1.807) is 11.0 Å². The molecule has 3 heterocycles. The quantitative estimate of drug-likeness (QED) is 0.761. The van der Waals surface area contributed by atoms with E-state index in [4.69, 9.17) is 0 Å². The van der Waals surface area contributed by atoms with Crippen LogP contribution in [0.4, 0.5) is 0 Å². The first-order chi connectivity index (χ1) is 7.43. The summed E-state index contributed by atoms with van der Waals surface area (Å²) in [5.41, 5.74) is 1.29. The van der Waals surface area contributed by atoms with Gasteiger partial charge in [0, 0.05) is 25.2 Å². The summed E-state index contributed by atoms with van der Waals surface area (Å²) < 4.78 is 1.66. The first-order valence-electron chi connectivity index (χ1n) is 4.95. The van der Waals surface area contributed by atoms with Crippen molar-refractivity contribution in [2.24, 2.45) is 0 Å². The van der Waals surface area contributed by atoms with Crippen molar-refractivity contribution in [1.82, 2.24) is 25.1 Å². The summed E-state index contributed by atoms with van der Waals surface area (Å²) in [5, 5.41) is 7.27. The number of aromatic nitrogens is 4. The molecule has 15 heavy (non-hydrogen) atoms. The van der Waals surface area contributed by atoms with Crippen molar-refractivity contribution in [2.45, 2.75) is 5.92 Å². The van der Waals surface area contributed by atoms with Crippen LogP contribution in [0.5, 0.6) is 0 Å². The first-order valence-corrected chi connectivity index (χ1v) is 4.95. The van der Waals surface area contributed by atoms with Gasteiger partial charge in [0.05, 0.1) is 0 Å². The van der Waals surface area contributed by atoms with Crippen molar-refractivity contribution in [3.63, 3.8) is 0 Å². The molecule has 76 valence electrons. The van der Waals surface area contributed by atoms with E-state index in [0.29, 0.717) is 5.92 Å². The molecule has 1 N–H and O–H groups in total. The standard InChI is InChI=1S/C10H11N5/c1-2-10(15-7-12-6-14-15)13-5-8(1)9-3-11-4-9/h1-2,5-7,9,11H,3-4H2. The van der Waals surface area contributed by atoms with Crippen LogP contribution in [0.25, 0.3) is 5.82 Å². The van der Waals surface area contributed by atoms with Gasteiger partial charge in [-0.25, -0.2) is 14.6 Å². The van der Waals surface area contributed by atoms with E-state index in [-0.39, 0.29) is 0 Å². The van der Waals surface area contributed by atoms with Crippen LogP contribution in [0.3, 0.4) is 0 Å². The van der Waals surface area contributed by atoms with Crippen LogP contribution < -0.4 is 5.32 Å². The van der Waals surface area contributed by atoms with E-state index in [1.807, 2.05) is 12.3 Å². The van der Waals surface area contributed by atoms with Crippen LogP contribution >= 0.6 is 0 Å². The lowest BCUT2D eigenvalue weighted by Gasteiger charge is -2.27. The molecule has 3 rings (SSSR count). The molecule has 0 radical (unpaired) electrons. The molecular weight excluding hydrogens is 190 g/mol. The first kappa shape index (κ1) is 8.55. The Hall–Kier alpha value is -1.75. The van der Waals surface area contributed by atoms with Gasteiger partial charge in [-0.05, 0) is 11.6 Å². The Labute approximate surface area is 87.2 Å². The zero-order valence-corrected chi connectivity index (χ0v) is 8.17. The Kier molecular flexibility index (Phi) is 1.96. The molecule has 1 saturated heterocycles. The molecule has 2 aromatic rings. The topological polar surface area (TPSA) is 55.6 Å². The molecule has 1 aliphatic rings. The SMILES string of the molecule is c1ncn(-c2ccc(C3CNC3)cn2)n1. The van der Waals surface area contributed by atoms with Crippen molar-refractivity contribution >= 4 is 0 Å². The number of hydrogen-bond donors (Lipinski definition) is 1. The zero-order chi connectivity index (χ0) is 10.1. The van der Waals surface area contributed by atoms with E-state index in [2.05, 4.69) is 26.4 Å². The van der Waals surface area contributed by atoms with Crippen LogP contribution in [-0.4, -0.2) is 32.8 Å². The summed E-state index contributed by atoms with van der Waals surface area (Å²) >= 11 is 0. The van der Waals surface area contributed by atoms with Crippen LogP contribution in [0.1, 0.15) is 11.5 Å². The number of pyridine rings is 1. The van der Waals surface area contributed by atoms with E-state index < -0.39 is 0 Å². The van der Waals surface area contributed by atoms with E-state index in [9.17, 15) is 0 Å². The average molecular weight is 201 g/mol. The smallest absolute Gasteiger partial charge is 0.155 e. The Balaban J connectivity index is 1.87. The highest BCUT2D eigenvalue weighted by molar-refractivity contribution is 5.27. The molecule has 2 aromatic heterocycles. The fourth-order valence-electron chi connectivity index (χ4n) is 1.63. The number of rotatable bonds is 2. The fraction of sp³-hybridized carbons (Fsp3) is 0.300. The second-order valence-corrected chi connectivity index (χ2v) is 3.64. The lowest BCUT2D eigenvalue weighted by atomic mass is 9.95. The Morgan fingerprint density at radius 1 is 1.33 bits per heavy atom. The van der Waals surface area contributed by atoms with Crippen molar-refractivity contribution < 1.29 is 0 Å². The molecule has 0 aliphatic carbocycles. The van der Waals surface area contributed by atoms with E-state index in [1.165, 1.54) is 11.9 Å². The number of hydrogen-bond acceptors (Lipinski definition) is 4. The minimum absolute atomic E-state index is 0.627. The zero-order valence-electron chi connectivity index (χ0n) is 8.17. The van der Waals surface area contributed by atoms with Gasteiger partial charge in [-0.2, -0.15) is 5.10 Å². The summed E-state index contributed by atoms with van der Waals surface area (Å²) in [6.07, 6.45) is 5.07. The highest BCUT2D eigenvalue weighted by Crippen LogP contribution is 2.19. The predicted molar refractivity (Wildman–Crippen MR) is 54.8 cm³/mol. The number of nitrogens with one attached hydrogen (secondary N) is 1. The maximum atomic E-state index is 4.36. The van der Waals surface area contributed by atoms with Crippen LogP contribution in [0.2, 0.25) is 0 Å². The van der Waals surface area contributed by atoms with E-state index in [0.717, 1.165) is 18.9 Å². The molecule has 5 nitrogen and oxygen atoms in total. The van der Waals surface area contributed by atoms with Gasteiger partial charge in [-0.15, -0.1) is 0 Å². The second-order valence-electron chi connectivity index (χ2n) is 3.64. The summed E-state index contributed by atoms with van der Waals surface area (Å²) in [4.78, 5) is 8.24. The van der Waals surface area contributed by atoms with Gasteiger partial charge in [-0.1, -0.05) is 6.07 Å². The Morgan fingerprint density at radius 2 is 2.27 bits per heavy atom. The summed E-state index contributed by atoms with van der Waals surface area (Å²) in [5.74, 6) is 1.44. The van der Waals surface area contributed by atoms with Crippen LogP contribution in [0, 0.1) is 0 Å². The third kappa shape index (κ3) is 1.50. The monoisotopic (exact) mass is 201 g/mol. The largest absolute Gasteiger partial charge is 0.315 e. The molecule has 0 unspecified atom stereocenters. The molecular formula is C10H11N5. The lowest BCUT2D eigenvalue weighted by molar-refractivity contribution is 0.447. The Bertz CT molecular complexity index is 429. The molecule has 0 saturated carbocycles.